The summed E-state index contributed by atoms with van der Waals surface area (Å²) in [6, 6.07) is 9.78. The molecule has 184 valence electrons. The van der Waals surface area contributed by atoms with Gasteiger partial charge in [-0.15, -0.1) is 0 Å². The van der Waals surface area contributed by atoms with Crippen LogP contribution in [0, 0.1) is 6.92 Å². The number of pyridine rings is 1. The van der Waals surface area contributed by atoms with Gasteiger partial charge < -0.3 is 19.1 Å². The summed E-state index contributed by atoms with van der Waals surface area (Å²) in [6.45, 7) is 5.83. The number of nitrogens with zero attached hydrogens (tertiary/aromatic N) is 3. The zero-order valence-corrected chi connectivity index (χ0v) is 20.7. The number of carbonyl (C=O) groups is 1. The lowest BCUT2D eigenvalue weighted by Crippen LogP contribution is -2.51. The van der Waals surface area contributed by atoms with Crippen molar-refractivity contribution >= 4 is 5.91 Å². The number of aromatic nitrogens is 1. The number of methoxy groups -OCH3 is 2. The second kappa shape index (κ2) is 11.7. The molecule has 2 aromatic rings. The molecule has 0 aliphatic carbocycles. The van der Waals surface area contributed by atoms with E-state index in [0.717, 1.165) is 64.0 Å². The van der Waals surface area contributed by atoms with Crippen LogP contribution in [0.3, 0.4) is 0 Å². The Labute approximate surface area is 203 Å². The normalized spacial score (nSPS) is 22.4. The maximum Gasteiger partial charge on any atom is 0.257 e. The molecule has 1 aromatic heterocycles. The van der Waals surface area contributed by atoms with Gasteiger partial charge >= 0.3 is 0 Å². The van der Waals surface area contributed by atoms with E-state index in [1.807, 2.05) is 36.2 Å². The van der Waals surface area contributed by atoms with Crippen molar-refractivity contribution in [1.29, 1.82) is 0 Å². The molecule has 0 spiro atoms. The Morgan fingerprint density at radius 1 is 1.06 bits per heavy atom. The van der Waals surface area contributed by atoms with Gasteiger partial charge in [0, 0.05) is 44.7 Å². The van der Waals surface area contributed by atoms with E-state index < -0.39 is 0 Å². The van der Waals surface area contributed by atoms with Crippen molar-refractivity contribution in [1.82, 2.24) is 14.8 Å². The molecule has 0 radical (unpaired) electrons. The molecule has 0 saturated carbocycles. The summed E-state index contributed by atoms with van der Waals surface area (Å²) in [5.74, 6) is 1.29. The van der Waals surface area contributed by atoms with E-state index in [9.17, 15) is 4.79 Å². The second-order valence-electron chi connectivity index (χ2n) is 9.27. The number of carbonyl (C=O) groups excluding carboxylic acids is 1. The van der Waals surface area contributed by atoms with Crippen LogP contribution in [0.15, 0.2) is 36.5 Å². The maximum atomic E-state index is 13.7. The number of ether oxygens (including phenoxy) is 3. The first-order valence-electron chi connectivity index (χ1n) is 12.4. The summed E-state index contributed by atoms with van der Waals surface area (Å²) >= 11 is 0. The van der Waals surface area contributed by atoms with Crippen LogP contribution in [0.5, 0.6) is 11.5 Å². The van der Waals surface area contributed by atoms with Gasteiger partial charge in [0.1, 0.15) is 18.1 Å². The molecule has 0 N–H and O–H groups in total. The van der Waals surface area contributed by atoms with E-state index in [2.05, 4.69) is 22.0 Å². The average molecular weight is 468 g/mol. The van der Waals surface area contributed by atoms with Crippen LogP contribution in [0.2, 0.25) is 0 Å². The van der Waals surface area contributed by atoms with Crippen LogP contribution in [0.4, 0.5) is 0 Å². The van der Waals surface area contributed by atoms with Crippen LogP contribution in [0.25, 0.3) is 0 Å². The van der Waals surface area contributed by atoms with E-state index in [0.29, 0.717) is 23.7 Å². The molecular weight excluding hydrogens is 430 g/mol. The first-order valence-corrected chi connectivity index (χ1v) is 12.4. The van der Waals surface area contributed by atoms with E-state index in [-0.39, 0.29) is 18.1 Å². The molecule has 2 aliphatic heterocycles. The summed E-state index contributed by atoms with van der Waals surface area (Å²) in [7, 11) is 3.39. The molecular formula is C27H37N3O4. The van der Waals surface area contributed by atoms with Crippen molar-refractivity contribution in [3.05, 3.63) is 53.3 Å². The van der Waals surface area contributed by atoms with Crippen molar-refractivity contribution in [3.63, 3.8) is 0 Å². The van der Waals surface area contributed by atoms with Gasteiger partial charge in [0.2, 0.25) is 0 Å². The number of aryl methyl sites for hydroxylation is 1. The van der Waals surface area contributed by atoms with Crippen LogP contribution in [0.1, 0.15) is 53.7 Å². The van der Waals surface area contributed by atoms with Crippen molar-refractivity contribution in [3.8, 4) is 11.5 Å². The summed E-state index contributed by atoms with van der Waals surface area (Å²) in [6.07, 6.45) is 7.02. The fraction of sp³-hybridized carbons (Fsp3) is 0.556. The third kappa shape index (κ3) is 5.88. The summed E-state index contributed by atoms with van der Waals surface area (Å²) in [5, 5.41) is 0. The predicted molar refractivity (Wildman–Crippen MR) is 131 cm³/mol. The zero-order valence-electron chi connectivity index (χ0n) is 20.7. The summed E-state index contributed by atoms with van der Waals surface area (Å²) in [4.78, 5) is 22.6. The fourth-order valence-corrected chi connectivity index (χ4v) is 5.06. The molecule has 7 heteroatoms. The Bertz CT molecular complexity index is 949. The number of hydrogen-bond acceptors (Lipinski definition) is 6. The van der Waals surface area contributed by atoms with Gasteiger partial charge in [-0.3, -0.25) is 14.7 Å². The minimum atomic E-state index is 0.0197. The lowest BCUT2D eigenvalue weighted by atomic mass is 9.93. The van der Waals surface area contributed by atoms with Crippen LogP contribution >= 0.6 is 0 Å². The third-order valence-corrected chi connectivity index (χ3v) is 6.97. The zero-order chi connectivity index (χ0) is 23.9. The monoisotopic (exact) mass is 467 g/mol. The Morgan fingerprint density at radius 3 is 2.71 bits per heavy atom. The molecule has 2 aliphatic rings. The molecule has 1 aromatic carbocycles. The van der Waals surface area contributed by atoms with Crippen molar-refractivity contribution < 1.29 is 19.0 Å². The van der Waals surface area contributed by atoms with Crippen LogP contribution < -0.4 is 9.47 Å². The van der Waals surface area contributed by atoms with Gasteiger partial charge in [-0.05, 0) is 62.9 Å². The molecule has 3 heterocycles. The van der Waals surface area contributed by atoms with Crippen LogP contribution in [-0.2, 0) is 11.3 Å². The van der Waals surface area contributed by atoms with Crippen molar-refractivity contribution in [2.75, 3.05) is 40.5 Å². The molecule has 34 heavy (non-hydrogen) atoms. The predicted octanol–water partition coefficient (Wildman–Crippen LogP) is 4.08. The van der Waals surface area contributed by atoms with E-state index in [1.54, 1.807) is 14.2 Å². The van der Waals surface area contributed by atoms with Gasteiger partial charge in [0.25, 0.3) is 5.91 Å². The second-order valence-corrected chi connectivity index (χ2v) is 9.27. The highest BCUT2D eigenvalue weighted by atomic mass is 16.5. The lowest BCUT2D eigenvalue weighted by molar-refractivity contribution is -0.0155. The molecule has 0 unspecified atom stereocenters. The Morgan fingerprint density at radius 2 is 1.94 bits per heavy atom. The summed E-state index contributed by atoms with van der Waals surface area (Å²) in [5.41, 5.74) is 2.82. The van der Waals surface area contributed by atoms with Gasteiger partial charge in [-0.2, -0.15) is 0 Å². The van der Waals surface area contributed by atoms with Crippen LogP contribution in [-0.4, -0.2) is 73.3 Å². The first kappa shape index (κ1) is 24.5. The SMILES string of the molecule is COc1ccc2c(c1)OCCN(Cc1ccc(C)nc1)CCCC[C@@H]1[C@H](OC)CCCN1C2=O. The Hall–Kier alpha value is -2.64. The average Bonchev–Trinajstić information content (AvgIpc) is 2.87. The number of rotatable bonds is 4. The minimum absolute atomic E-state index is 0.0197. The smallest absolute Gasteiger partial charge is 0.257 e. The largest absolute Gasteiger partial charge is 0.497 e. The molecule has 0 bridgehead atoms. The van der Waals surface area contributed by atoms with Crippen molar-refractivity contribution in [2.24, 2.45) is 0 Å². The van der Waals surface area contributed by atoms with Gasteiger partial charge in [0.15, 0.2) is 0 Å². The number of piperidine rings is 1. The van der Waals surface area contributed by atoms with Gasteiger partial charge in [-0.1, -0.05) is 12.5 Å². The first-order chi connectivity index (χ1) is 16.6. The maximum absolute atomic E-state index is 13.7. The highest BCUT2D eigenvalue weighted by Gasteiger charge is 2.35. The number of benzene rings is 1. The van der Waals surface area contributed by atoms with Gasteiger partial charge in [0.05, 0.1) is 24.8 Å². The van der Waals surface area contributed by atoms with Crippen molar-refractivity contribution in [2.45, 2.75) is 57.7 Å². The molecule has 1 fully saturated rings. The number of amides is 1. The minimum Gasteiger partial charge on any atom is -0.497 e. The Kier molecular flexibility index (Phi) is 8.40. The molecule has 1 amide bonds. The van der Waals surface area contributed by atoms with Gasteiger partial charge in [-0.25, -0.2) is 0 Å². The third-order valence-electron chi connectivity index (χ3n) is 6.97. The highest BCUT2D eigenvalue weighted by molar-refractivity contribution is 5.97. The summed E-state index contributed by atoms with van der Waals surface area (Å²) < 4.78 is 17.5. The topological polar surface area (TPSA) is 64.1 Å². The molecule has 4 rings (SSSR count). The number of hydrogen-bond donors (Lipinski definition) is 0. The lowest BCUT2D eigenvalue weighted by Gasteiger charge is -2.41. The molecule has 1 saturated heterocycles. The molecule has 2 atom stereocenters. The quantitative estimate of drug-likeness (QED) is 0.675. The van der Waals surface area contributed by atoms with E-state index in [1.165, 1.54) is 5.56 Å². The number of fused-ring (bicyclic) bond motifs is 2. The fourth-order valence-electron chi connectivity index (χ4n) is 5.06. The Balaban J connectivity index is 1.59. The van der Waals surface area contributed by atoms with E-state index in [4.69, 9.17) is 14.2 Å². The molecule has 7 nitrogen and oxygen atoms in total. The highest BCUT2D eigenvalue weighted by Crippen LogP contribution is 2.31. The standard InChI is InChI=1S/C27H37N3O4/c1-20-9-10-21(18-28-20)19-29-13-5-4-7-24-25(33-3)8-6-14-30(24)27(31)23-12-11-22(32-2)17-26(23)34-16-15-29/h9-12,17-18,24-25H,4-8,13-16,19H2,1-3H3/t24-,25-/m1/s1. The van der Waals surface area contributed by atoms with E-state index >= 15 is 0 Å².